The van der Waals surface area contributed by atoms with Gasteiger partial charge in [-0.3, -0.25) is 4.99 Å². The van der Waals surface area contributed by atoms with Gasteiger partial charge in [-0.05, 0) is 38.0 Å². The number of amidine groups is 1. The summed E-state index contributed by atoms with van der Waals surface area (Å²) in [6.07, 6.45) is 9.29. The molecule has 98 valence electrons. The zero-order chi connectivity index (χ0) is 12.1. The molecule has 0 aromatic rings. The summed E-state index contributed by atoms with van der Waals surface area (Å²) in [6, 6.07) is 0. The third kappa shape index (κ3) is 3.64. The highest BCUT2D eigenvalue weighted by Crippen LogP contribution is 2.38. The van der Waals surface area contributed by atoms with Crippen LogP contribution in [0.15, 0.2) is 4.99 Å². The van der Waals surface area contributed by atoms with Crippen LogP contribution in [0.5, 0.6) is 0 Å². The predicted octanol–water partition coefficient (Wildman–Crippen LogP) is 3.82. The predicted molar refractivity (Wildman–Crippen MR) is 77.8 cm³/mol. The summed E-state index contributed by atoms with van der Waals surface area (Å²) < 4.78 is 0. The molecule has 0 aromatic heterocycles. The minimum absolute atomic E-state index is 0.404. The van der Waals surface area contributed by atoms with E-state index < -0.39 is 0 Å². The molecule has 17 heavy (non-hydrogen) atoms. The third-order valence-electron chi connectivity index (χ3n) is 4.11. The smallest absolute Gasteiger partial charge is 0.157 e. The van der Waals surface area contributed by atoms with Gasteiger partial charge in [-0.15, -0.1) is 0 Å². The molecule has 1 aliphatic heterocycles. The molecule has 0 unspecified atom stereocenters. The second-order valence-corrected chi connectivity index (χ2v) is 6.73. The number of rotatable bonds is 4. The number of unbranched alkanes of at least 4 members (excludes halogenated alkanes) is 2. The van der Waals surface area contributed by atoms with Gasteiger partial charge in [0.25, 0.3) is 0 Å². The van der Waals surface area contributed by atoms with Crippen LogP contribution >= 0.6 is 11.8 Å². The molecule has 0 atom stereocenters. The Labute approximate surface area is 110 Å². The topological polar surface area (TPSA) is 24.4 Å². The van der Waals surface area contributed by atoms with Gasteiger partial charge in [-0.1, -0.05) is 38.5 Å². The first-order valence-corrected chi connectivity index (χ1v) is 8.18. The summed E-state index contributed by atoms with van der Waals surface area (Å²) in [5, 5.41) is 4.93. The van der Waals surface area contributed by atoms with Crippen molar-refractivity contribution in [1.29, 1.82) is 0 Å². The molecule has 1 aliphatic carbocycles. The average molecular weight is 254 g/mol. The molecule has 2 rings (SSSR count). The number of hydrogen-bond donors (Lipinski definition) is 1. The number of aliphatic imine (C=N–C) groups is 1. The van der Waals surface area contributed by atoms with Gasteiger partial charge in [-0.25, -0.2) is 0 Å². The number of nitrogens with one attached hydrogen (secondary N) is 1. The molecule has 1 saturated carbocycles. The first kappa shape index (κ1) is 13.3. The van der Waals surface area contributed by atoms with Gasteiger partial charge < -0.3 is 5.32 Å². The fraction of sp³-hybridized carbons (Fsp3) is 0.929. The second kappa shape index (κ2) is 6.12. The highest BCUT2D eigenvalue weighted by Gasteiger charge is 2.39. The van der Waals surface area contributed by atoms with Crippen molar-refractivity contribution in [3.63, 3.8) is 0 Å². The van der Waals surface area contributed by atoms with E-state index in [2.05, 4.69) is 19.2 Å². The molecular weight excluding hydrogens is 228 g/mol. The Hall–Kier alpha value is -0.180. The highest BCUT2D eigenvalue weighted by molar-refractivity contribution is 8.14. The van der Waals surface area contributed by atoms with Crippen LogP contribution in [0, 0.1) is 5.92 Å². The van der Waals surface area contributed by atoms with Crippen molar-refractivity contribution in [2.75, 3.05) is 12.3 Å². The summed E-state index contributed by atoms with van der Waals surface area (Å²) in [6.45, 7) is 5.64. The van der Waals surface area contributed by atoms with E-state index in [1.165, 1.54) is 55.9 Å². The van der Waals surface area contributed by atoms with E-state index in [0.717, 1.165) is 12.5 Å². The van der Waals surface area contributed by atoms with Crippen LogP contribution in [0.3, 0.4) is 0 Å². The zero-order valence-corrected chi connectivity index (χ0v) is 12.1. The number of nitrogens with zero attached hydrogens (tertiary/aromatic N) is 1. The SMILES string of the molecule is CCCCCN=C1NC2(CCC(C)CC2)CS1. The van der Waals surface area contributed by atoms with Crippen LogP contribution < -0.4 is 5.32 Å². The van der Waals surface area contributed by atoms with Crippen LogP contribution in [0.4, 0.5) is 0 Å². The Bertz CT molecular complexity index is 267. The molecule has 3 heteroatoms. The lowest BCUT2D eigenvalue weighted by Gasteiger charge is -2.35. The van der Waals surface area contributed by atoms with E-state index in [0.29, 0.717) is 5.54 Å². The van der Waals surface area contributed by atoms with Crippen molar-refractivity contribution < 1.29 is 0 Å². The minimum Gasteiger partial charge on any atom is -0.359 e. The lowest BCUT2D eigenvalue weighted by Crippen LogP contribution is -2.46. The van der Waals surface area contributed by atoms with Crippen LogP contribution in [-0.4, -0.2) is 23.0 Å². The largest absolute Gasteiger partial charge is 0.359 e. The standard InChI is InChI=1S/C14H26N2S/c1-3-4-5-10-15-13-16-14(11-17-13)8-6-12(2)7-9-14/h12H,3-11H2,1-2H3,(H,15,16). The molecule has 0 bridgehead atoms. The maximum Gasteiger partial charge on any atom is 0.157 e. The zero-order valence-electron chi connectivity index (χ0n) is 11.3. The fourth-order valence-corrected chi connectivity index (χ4v) is 3.96. The molecular formula is C14H26N2S. The van der Waals surface area contributed by atoms with Gasteiger partial charge >= 0.3 is 0 Å². The highest BCUT2D eigenvalue weighted by atomic mass is 32.2. The number of thioether (sulfide) groups is 1. The first-order chi connectivity index (χ1) is 8.24. The molecule has 2 nitrogen and oxygen atoms in total. The van der Waals surface area contributed by atoms with Crippen LogP contribution in [0.2, 0.25) is 0 Å². The fourth-order valence-electron chi connectivity index (χ4n) is 2.72. The molecule has 1 saturated heterocycles. The van der Waals surface area contributed by atoms with Crippen molar-refractivity contribution in [2.24, 2.45) is 10.9 Å². The first-order valence-electron chi connectivity index (χ1n) is 7.19. The van der Waals surface area contributed by atoms with E-state index in [9.17, 15) is 0 Å². The minimum atomic E-state index is 0.404. The summed E-state index contributed by atoms with van der Waals surface area (Å²) in [4.78, 5) is 4.70. The van der Waals surface area contributed by atoms with E-state index in [4.69, 9.17) is 4.99 Å². The van der Waals surface area contributed by atoms with E-state index >= 15 is 0 Å². The Balaban J connectivity index is 1.78. The van der Waals surface area contributed by atoms with Gasteiger partial charge in [0, 0.05) is 17.8 Å². The summed E-state index contributed by atoms with van der Waals surface area (Å²) in [5.41, 5.74) is 0.404. The van der Waals surface area contributed by atoms with Crippen molar-refractivity contribution >= 4 is 16.9 Å². The summed E-state index contributed by atoms with van der Waals surface area (Å²) in [7, 11) is 0. The lowest BCUT2D eigenvalue weighted by molar-refractivity contribution is 0.251. The van der Waals surface area contributed by atoms with Crippen molar-refractivity contribution in [1.82, 2.24) is 5.32 Å². The van der Waals surface area contributed by atoms with Gasteiger partial charge in [0.15, 0.2) is 5.17 Å². The molecule has 2 aliphatic rings. The molecule has 1 heterocycles. The van der Waals surface area contributed by atoms with Crippen molar-refractivity contribution in [3.8, 4) is 0 Å². The van der Waals surface area contributed by atoms with Gasteiger partial charge in [0.2, 0.25) is 0 Å². The summed E-state index contributed by atoms with van der Waals surface area (Å²) in [5.74, 6) is 2.17. The molecule has 2 fully saturated rings. The Morgan fingerprint density at radius 1 is 1.35 bits per heavy atom. The maximum atomic E-state index is 4.70. The van der Waals surface area contributed by atoms with Crippen molar-refractivity contribution in [2.45, 2.75) is 64.3 Å². The Morgan fingerprint density at radius 3 is 2.82 bits per heavy atom. The molecule has 0 aromatic carbocycles. The lowest BCUT2D eigenvalue weighted by atomic mass is 9.78. The second-order valence-electron chi connectivity index (χ2n) is 5.77. The van der Waals surface area contributed by atoms with Gasteiger partial charge in [-0.2, -0.15) is 0 Å². The molecule has 0 radical (unpaired) electrons. The average Bonchev–Trinajstić information content (AvgIpc) is 2.73. The Morgan fingerprint density at radius 2 is 2.12 bits per heavy atom. The van der Waals surface area contributed by atoms with Crippen molar-refractivity contribution in [3.05, 3.63) is 0 Å². The maximum absolute atomic E-state index is 4.70. The molecule has 1 N–H and O–H groups in total. The normalized spacial score (nSPS) is 35.4. The molecule has 0 amide bonds. The van der Waals surface area contributed by atoms with Crippen LogP contribution in [0.1, 0.15) is 58.8 Å². The molecule has 1 spiro atoms. The summed E-state index contributed by atoms with van der Waals surface area (Å²) >= 11 is 1.95. The number of hydrogen-bond acceptors (Lipinski definition) is 2. The van der Waals surface area contributed by atoms with E-state index in [1.54, 1.807) is 0 Å². The van der Waals surface area contributed by atoms with Crippen LogP contribution in [0.25, 0.3) is 0 Å². The van der Waals surface area contributed by atoms with E-state index in [1.807, 2.05) is 11.8 Å². The van der Waals surface area contributed by atoms with Gasteiger partial charge in [0.05, 0.1) is 0 Å². The van der Waals surface area contributed by atoms with Crippen LogP contribution in [-0.2, 0) is 0 Å². The monoisotopic (exact) mass is 254 g/mol. The van der Waals surface area contributed by atoms with Gasteiger partial charge in [0.1, 0.15) is 0 Å². The third-order valence-corrected chi connectivity index (χ3v) is 5.31. The van der Waals surface area contributed by atoms with E-state index in [-0.39, 0.29) is 0 Å². The quantitative estimate of drug-likeness (QED) is 0.771. The Kier molecular flexibility index (Phi) is 4.78.